The van der Waals surface area contributed by atoms with Crippen molar-refractivity contribution in [2.45, 2.75) is 6.42 Å². The van der Waals surface area contributed by atoms with E-state index in [0.717, 1.165) is 11.5 Å². The van der Waals surface area contributed by atoms with Gasteiger partial charge in [-0.05, 0) is 17.5 Å². The molecule has 12 heavy (non-hydrogen) atoms. The molecule has 0 aromatic heterocycles. The Hall–Kier alpha value is -0.450. The number of nitrogens with zero attached hydrogens (tertiary/aromatic N) is 1. The summed E-state index contributed by atoms with van der Waals surface area (Å²) in [6.45, 7) is 0. The predicted molar refractivity (Wildman–Crippen MR) is 55.9 cm³/mol. The van der Waals surface area contributed by atoms with Crippen LogP contribution >= 0.6 is 24.1 Å². The van der Waals surface area contributed by atoms with E-state index in [0.29, 0.717) is 0 Å². The summed E-state index contributed by atoms with van der Waals surface area (Å²) in [5.41, 5.74) is 1.31. The minimum absolute atomic E-state index is 0.936. The van der Waals surface area contributed by atoms with Crippen molar-refractivity contribution in [2.75, 3.05) is 0 Å². The molecule has 1 aliphatic rings. The van der Waals surface area contributed by atoms with Gasteiger partial charge in [0.25, 0.3) is 0 Å². The van der Waals surface area contributed by atoms with Gasteiger partial charge in [-0.25, -0.2) is 0 Å². The van der Waals surface area contributed by atoms with Crippen LogP contribution < -0.4 is 4.13 Å². The molecule has 0 atom stereocenters. The van der Waals surface area contributed by atoms with Crippen molar-refractivity contribution >= 4 is 29.1 Å². The first-order valence-corrected chi connectivity index (χ1v) is 5.23. The van der Waals surface area contributed by atoms with Crippen LogP contribution in [0.1, 0.15) is 5.56 Å². The molecule has 4 heteroatoms. The van der Waals surface area contributed by atoms with Gasteiger partial charge >= 0.3 is 0 Å². The zero-order chi connectivity index (χ0) is 8.23. The van der Waals surface area contributed by atoms with E-state index in [1.54, 1.807) is 11.9 Å². The van der Waals surface area contributed by atoms with E-state index in [4.69, 9.17) is 0 Å². The van der Waals surface area contributed by atoms with Gasteiger partial charge in [0.15, 0.2) is 0 Å². The fraction of sp³-hybridized carbons (Fsp3) is 0.125. The van der Waals surface area contributed by atoms with Crippen LogP contribution in [0.2, 0.25) is 0 Å². The highest BCUT2D eigenvalue weighted by molar-refractivity contribution is 8.24. The minimum Gasteiger partial charge on any atom is -0.195 e. The molecule has 2 nitrogen and oxygen atoms in total. The van der Waals surface area contributed by atoms with E-state index in [2.05, 4.69) is 32.8 Å². The van der Waals surface area contributed by atoms with Crippen LogP contribution in [0.4, 0.5) is 0 Å². The first-order chi connectivity index (χ1) is 5.95. The molecule has 1 aliphatic heterocycles. The van der Waals surface area contributed by atoms with Gasteiger partial charge in [-0.1, -0.05) is 30.3 Å². The van der Waals surface area contributed by atoms with Gasteiger partial charge in [0, 0.05) is 6.42 Å². The van der Waals surface area contributed by atoms with Gasteiger partial charge in [-0.2, -0.15) is 8.53 Å². The third-order valence-corrected chi connectivity index (χ3v) is 3.07. The monoisotopic (exact) mass is 196 g/mol. The van der Waals surface area contributed by atoms with Crippen LogP contribution in [0.25, 0.3) is 0 Å². The van der Waals surface area contributed by atoms with Crippen LogP contribution in [-0.4, -0.2) is 5.04 Å². The fourth-order valence-electron chi connectivity index (χ4n) is 0.994. The third kappa shape index (κ3) is 2.03. The zero-order valence-corrected chi connectivity index (χ0v) is 7.99. The Bertz CT molecular complexity index is 284. The van der Waals surface area contributed by atoms with Gasteiger partial charge < -0.3 is 0 Å². The first-order valence-electron chi connectivity index (χ1n) is 3.64. The zero-order valence-electron chi connectivity index (χ0n) is 6.36. The largest absolute Gasteiger partial charge is 0.195 e. The molecule has 1 aromatic carbocycles. The van der Waals surface area contributed by atoms with Crippen molar-refractivity contribution in [3.05, 3.63) is 35.9 Å². The van der Waals surface area contributed by atoms with Crippen molar-refractivity contribution in [1.82, 2.24) is 4.13 Å². The number of nitrogens with one attached hydrogen (secondary N) is 1. The Morgan fingerprint density at radius 1 is 1.25 bits per heavy atom. The van der Waals surface area contributed by atoms with Crippen molar-refractivity contribution in [1.29, 1.82) is 0 Å². The average molecular weight is 196 g/mol. The standard InChI is InChI=1S/C8H8N2S2/c1-2-4-7(5-3-1)6-8-9-12-10-11-8/h1-5,10H,6H2. The van der Waals surface area contributed by atoms with Crippen LogP contribution in [0, 0.1) is 0 Å². The Balaban J connectivity index is 2.04. The molecular formula is C8H8N2S2. The highest BCUT2D eigenvalue weighted by Gasteiger charge is 2.07. The molecule has 0 spiro atoms. The molecule has 1 N–H and O–H groups in total. The van der Waals surface area contributed by atoms with E-state index in [1.165, 1.54) is 17.7 Å². The minimum atomic E-state index is 0.936. The summed E-state index contributed by atoms with van der Waals surface area (Å²) in [6.07, 6.45) is 0.936. The Labute approximate surface area is 80.3 Å². The van der Waals surface area contributed by atoms with Gasteiger partial charge in [0.1, 0.15) is 5.04 Å². The SMILES string of the molecule is c1ccc(CC2=NSNS2)cc1. The van der Waals surface area contributed by atoms with Gasteiger partial charge in [-0.3, -0.25) is 0 Å². The molecule has 1 heterocycles. The average Bonchev–Trinajstić information content (AvgIpc) is 2.59. The number of rotatable bonds is 2. The molecule has 0 radical (unpaired) electrons. The summed E-state index contributed by atoms with van der Waals surface area (Å²) < 4.78 is 7.24. The van der Waals surface area contributed by atoms with E-state index >= 15 is 0 Å². The maximum Gasteiger partial charge on any atom is 0.103 e. The second kappa shape index (κ2) is 3.98. The van der Waals surface area contributed by atoms with E-state index in [9.17, 15) is 0 Å². The molecule has 0 saturated carbocycles. The molecule has 0 aliphatic carbocycles. The number of hydrogen-bond donors (Lipinski definition) is 1. The molecule has 0 unspecified atom stereocenters. The summed E-state index contributed by atoms with van der Waals surface area (Å²) in [6, 6.07) is 10.4. The van der Waals surface area contributed by atoms with Crippen molar-refractivity contribution in [3.8, 4) is 0 Å². The molecule has 0 bridgehead atoms. The summed E-state index contributed by atoms with van der Waals surface area (Å²) in [5, 5.41) is 1.14. The fourth-order valence-corrected chi connectivity index (χ4v) is 2.34. The van der Waals surface area contributed by atoms with E-state index in [1.807, 2.05) is 6.07 Å². The maximum absolute atomic E-state index is 4.22. The van der Waals surface area contributed by atoms with E-state index in [-0.39, 0.29) is 0 Å². The molecule has 62 valence electrons. The third-order valence-electron chi connectivity index (χ3n) is 1.54. The Kier molecular flexibility index (Phi) is 2.71. The molecule has 2 rings (SSSR count). The first kappa shape index (κ1) is 8.16. The van der Waals surface area contributed by atoms with E-state index < -0.39 is 0 Å². The second-order valence-corrected chi connectivity index (χ2v) is 4.13. The quantitative estimate of drug-likeness (QED) is 0.735. The Morgan fingerprint density at radius 3 is 2.75 bits per heavy atom. The summed E-state index contributed by atoms with van der Waals surface area (Å²) >= 11 is 3.00. The second-order valence-electron chi connectivity index (χ2n) is 2.42. The normalized spacial score (nSPS) is 16.2. The lowest BCUT2D eigenvalue weighted by Gasteiger charge is -1.97. The van der Waals surface area contributed by atoms with Crippen molar-refractivity contribution < 1.29 is 0 Å². The molecule has 0 amide bonds. The van der Waals surface area contributed by atoms with Gasteiger partial charge in [0.05, 0.1) is 12.1 Å². The van der Waals surface area contributed by atoms with Crippen LogP contribution in [-0.2, 0) is 6.42 Å². The lowest BCUT2D eigenvalue weighted by molar-refractivity contribution is 1.36. The summed E-state index contributed by atoms with van der Waals surface area (Å²) in [7, 11) is 0. The predicted octanol–water partition coefficient (Wildman–Crippen LogP) is 2.44. The van der Waals surface area contributed by atoms with Crippen LogP contribution in [0.3, 0.4) is 0 Å². The topological polar surface area (TPSA) is 24.4 Å². The molecule has 1 aromatic rings. The molecule has 0 fully saturated rings. The molecule has 0 saturated heterocycles. The van der Waals surface area contributed by atoms with Gasteiger partial charge in [-0.15, -0.1) is 0 Å². The smallest absolute Gasteiger partial charge is 0.103 e. The van der Waals surface area contributed by atoms with Crippen molar-refractivity contribution in [3.63, 3.8) is 0 Å². The number of hydrogen-bond acceptors (Lipinski definition) is 4. The highest BCUT2D eigenvalue weighted by Crippen LogP contribution is 2.20. The maximum atomic E-state index is 4.22. The van der Waals surface area contributed by atoms with Crippen LogP contribution in [0.5, 0.6) is 0 Å². The van der Waals surface area contributed by atoms with Crippen molar-refractivity contribution in [2.24, 2.45) is 4.40 Å². The summed E-state index contributed by atoms with van der Waals surface area (Å²) in [5.74, 6) is 0. The molecular weight excluding hydrogens is 188 g/mol. The summed E-state index contributed by atoms with van der Waals surface area (Å²) in [4.78, 5) is 0. The highest BCUT2D eigenvalue weighted by atomic mass is 32.2. The Morgan fingerprint density at radius 2 is 2.08 bits per heavy atom. The lowest BCUT2D eigenvalue weighted by atomic mass is 10.2. The van der Waals surface area contributed by atoms with Crippen LogP contribution in [0.15, 0.2) is 34.7 Å². The lowest BCUT2D eigenvalue weighted by Crippen LogP contribution is -1.96. The number of benzene rings is 1. The van der Waals surface area contributed by atoms with Gasteiger partial charge in [0.2, 0.25) is 0 Å².